The molecule has 2 aromatic rings. The van der Waals surface area contributed by atoms with Gasteiger partial charge in [-0.2, -0.15) is 30.6 Å². The van der Waals surface area contributed by atoms with Gasteiger partial charge in [0.15, 0.2) is 0 Å². The lowest BCUT2D eigenvalue weighted by Gasteiger charge is -2.50. The van der Waals surface area contributed by atoms with Gasteiger partial charge in [0.05, 0.1) is 24.1 Å². The van der Waals surface area contributed by atoms with E-state index in [-0.39, 0.29) is 16.5 Å². The molecule has 1 fully saturated rings. The molecule has 4 rings (SSSR count). The highest BCUT2D eigenvalue weighted by Crippen LogP contribution is 2.50. The topological polar surface area (TPSA) is 69.3 Å². The van der Waals surface area contributed by atoms with E-state index in [0.717, 1.165) is 12.5 Å². The van der Waals surface area contributed by atoms with Gasteiger partial charge in [-0.3, -0.25) is 0 Å². The van der Waals surface area contributed by atoms with E-state index in [0.29, 0.717) is 24.6 Å². The first-order valence-corrected chi connectivity index (χ1v) is 11.8. The average molecular weight is 514 g/mol. The quantitative estimate of drug-likeness (QED) is 0.596. The van der Waals surface area contributed by atoms with Crippen LogP contribution in [0.25, 0.3) is 0 Å². The average Bonchev–Trinajstić information content (AvgIpc) is 3.13. The number of halogens is 7. The molecule has 1 aromatic carbocycles. The van der Waals surface area contributed by atoms with Crippen LogP contribution in [-0.2, 0) is 29.3 Å². The van der Waals surface area contributed by atoms with Crippen LogP contribution in [0.2, 0.25) is 0 Å². The smallest absolute Gasteiger partial charge is 0.360 e. The summed E-state index contributed by atoms with van der Waals surface area (Å²) in [5.41, 5.74) is -8.38. The third kappa shape index (κ3) is 4.14. The van der Waals surface area contributed by atoms with Gasteiger partial charge < -0.3 is 9.88 Å². The summed E-state index contributed by atoms with van der Waals surface area (Å²) in [6.45, 7) is -0.107. The van der Waals surface area contributed by atoms with E-state index < -0.39 is 63.2 Å². The minimum absolute atomic E-state index is 0.0437. The number of anilines is 1. The highest BCUT2D eigenvalue weighted by molar-refractivity contribution is 7.89. The molecule has 0 amide bonds. The van der Waals surface area contributed by atoms with Crippen LogP contribution in [0.3, 0.4) is 0 Å². The van der Waals surface area contributed by atoms with Crippen molar-refractivity contribution in [1.29, 1.82) is 0 Å². The molecule has 14 heteroatoms. The molecule has 1 atom stereocenters. The van der Waals surface area contributed by atoms with Crippen molar-refractivity contribution < 1.29 is 39.2 Å². The van der Waals surface area contributed by atoms with Gasteiger partial charge >= 0.3 is 21.7 Å². The lowest BCUT2D eigenvalue weighted by Crippen LogP contribution is -2.55. The van der Waals surface area contributed by atoms with E-state index in [9.17, 15) is 34.8 Å². The van der Waals surface area contributed by atoms with E-state index in [2.05, 4.69) is 9.97 Å². The number of aromatic amines is 1. The Kier molecular flexibility index (Phi) is 5.91. The monoisotopic (exact) mass is 514 g/mol. The molecule has 0 spiro atoms. The van der Waals surface area contributed by atoms with Crippen LogP contribution >= 0.6 is 0 Å². The van der Waals surface area contributed by atoms with Crippen molar-refractivity contribution in [1.82, 2.24) is 14.3 Å². The van der Waals surface area contributed by atoms with Crippen LogP contribution < -0.4 is 4.90 Å². The number of alkyl halides is 6. The summed E-state index contributed by atoms with van der Waals surface area (Å²) < 4.78 is 121. The maximum Gasteiger partial charge on any atom is 0.511 e. The molecule has 1 aliphatic heterocycles. The molecule has 0 saturated heterocycles. The second-order valence-electron chi connectivity index (χ2n) is 8.89. The largest absolute Gasteiger partial charge is 0.511 e. The zero-order valence-electron chi connectivity index (χ0n) is 17.8. The number of hydrogen-bond donors (Lipinski definition) is 1. The third-order valence-corrected chi connectivity index (χ3v) is 8.29. The van der Waals surface area contributed by atoms with E-state index >= 15 is 4.39 Å². The van der Waals surface area contributed by atoms with Gasteiger partial charge in [-0.15, -0.1) is 0 Å². The van der Waals surface area contributed by atoms with Gasteiger partial charge in [-0.1, -0.05) is 13.3 Å². The molecule has 188 valence electrons. The molecule has 6 nitrogen and oxygen atoms in total. The molecular weight excluding hydrogens is 493 g/mol. The van der Waals surface area contributed by atoms with Crippen LogP contribution in [0.1, 0.15) is 43.0 Å². The SMILES string of the molecule is CC1(C2CN(S(=O)(=O)C(F)(F)F)Cc3c(ccc(C(F)(F)F)c3F)N2Cc2cnc[nH]2)CCC1. The third-order valence-electron chi connectivity index (χ3n) is 6.75. The molecular formula is C20H21F7N4O2S. The zero-order valence-corrected chi connectivity index (χ0v) is 18.7. The van der Waals surface area contributed by atoms with Crippen molar-refractivity contribution in [2.45, 2.75) is 57.0 Å². The van der Waals surface area contributed by atoms with Crippen LogP contribution in [0, 0.1) is 11.2 Å². The molecule has 1 N–H and O–H groups in total. The number of nitrogens with zero attached hydrogens (tertiary/aromatic N) is 3. The predicted octanol–water partition coefficient (Wildman–Crippen LogP) is 4.80. The van der Waals surface area contributed by atoms with E-state index in [4.69, 9.17) is 0 Å². The van der Waals surface area contributed by atoms with Crippen LogP contribution in [0.4, 0.5) is 36.4 Å². The normalized spacial score (nSPS) is 21.6. The van der Waals surface area contributed by atoms with Crippen molar-refractivity contribution in [3.8, 4) is 0 Å². The van der Waals surface area contributed by atoms with Crippen LogP contribution in [-0.4, -0.2) is 40.8 Å². The highest BCUT2D eigenvalue weighted by atomic mass is 32.2. The van der Waals surface area contributed by atoms with Gasteiger partial charge in [0, 0.05) is 36.6 Å². The Morgan fingerprint density at radius 3 is 2.35 bits per heavy atom. The van der Waals surface area contributed by atoms with Gasteiger partial charge in [0.2, 0.25) is 0 Å². The minimum Gasteiger partial charge on any atom is -0.360 e. The Morgan fingerprint density at radius 2 is 1.85 bits per heavy atom. The lowest BCUT2D eigenvalue weighted by molar-refractivity contribution is -0.140. The first-order chi connectivity index (χ1) is 15.6. The molecule has 2 heterocycles. The number of fused-ring (bicyclic) bond motifs is 1. The number of nitrogens with one attached hydrogen (secondary N) is 1. The van der Waals surface area contributed by atoms with Crippen LogP contribution in [0.15, 0.2) is 24.7 Å². The Balaban J connectivity index is 1.94. The van der Waals surface area contributed by atoms with Crippen molar-refractivity contribution in [2.24, 2.45) is 5.41 Å². The van der Waals surface area contributed by atoms with Gasteiger partial charge in [0.1, 0.15) is 5.82 Å². The number of sulfonamides is 1. The zero-order chi connectivity index (χ0) is 25.1. The maximum atomic E-state index is 15.2. The summed E-state index contributed by atoms with van der Waals surface area (Å²) in [5, 5.41) is 0. The predicted molar refractivity (Wildman–Crippen MR) is 107 cm³/mol. The van der Waals surface area contributed by atoms with Gasteiger partial charge in [0.25, 0.3) is 0 Å². The number of rotatable bonds is 4. The Hall–Kier alpha value is -2.35. The number of aromatic nitrogens is 2. The molecule has 34 heavy (non-hydrogen) atoms. The molecule has 1 aliphatic carbocycles. The van der Waals surface area contributed by atoms with Crippen molar-refractivity contribution in [3.63, 3.8) is 0 Å². The lowest BCUT2D eigenvalue weighted by atomic mass is 9.65. The fourth-order valence-corrected chi connectivity index (χ4v) is 5.62. The highest BCUT2D eigenvalue weighted by Gasteiger charge is 2.54. The molecule has 0 radical (unpaired) electrons. The molecule has 1 aromatic heterocycles. The fourth-order valence-electron chi connectivity index (χ4n) is 4.69. The van der Waals surface area contributed by atoms with Crippen molar-refractivity contribution >= 4 is 15.7 Å². The van der Waals surface area contributed by atoms with Crippen molar-refractivity contribution in [2.75, 3.05) is 11.4 Å². The van der Waals surface area contributed by atoms with E-state index in [1.807, 2.05) is 0 Å². The molecule has 1 saturated carbocycles. The summed E-state index contributed by atoms with van der Waals surface area (Å²) in [6.07, 6.45) is -0.458. The number of imidazole rings is 1. The summed E-state index contributed by atoms with van der Waals surface area (Å²) in [5.74, 6) is -1.79. The summed E-state index contributed by atoms with van der Waals surface area (Å²) in [6, 6.07) is 0.664. The first kappa shape index (κ1) is 24.8. The summed E-state index contributed by atoms with van der Waals surface area (Å²) in [4.78, 5) is 8.20. The van der Waals surface area contributed by atoms with Gasteiger partial charge in [-0.05, 0) is 30.4 Å². The second kappa shape index (κ2) is 8.11. The summed E-state index contributed by atoms with van der Waals surface area (Å²) >= 11 is 0. The Morgan fingerprint density at radius 1 is 1.18 bits per heavy atom. The van der Waals surface area contributed by atoms with Crippen molar-refractivity contribution in [3.05, 3.63) is 47.3 Å². The molecule has 0 bridgehead atoms. The number of hydrogen-bond acceptors (Lipinski definition) is 4. The number of benzene rings is 1. The maximum absolute atomic E-state index is 15.2. The Bertz CT molecular complexity index is 1160. The Labute approximate surface area is 190 Å². The first-order valence-electron chi connectivity index (χ1n) is 10.3. The molecule has 2 aliphatic rings. The fraction of sp³-hybridized carbons (Fsp3) is 0.550. The second-order valence-corrected chi connectivity index (χ2v) is 10.8. The standard InChI is InChI=1S/C20H21F7N4O2S/c1-18(5-2-6-18)16-10-30(34(32,33)20(25,26)27)9-13-15(31(16)8-12-7-28-11-29-12)4-3-14(17(13)21)19(22,23)24/h3-4,7,11,16H,2,5-6,8-10H2,1H3,(H,28,29). The van der Waals surface area contributed by atoms with E-state index in [1.165, 1.54) is 17.4 Å². The molecule has 1 unspecified atom stereocenters. The number of H-pyrrole nitrogens is 1. The van der Waals surface area contributed by atoms with Crippen LogP contribution in [0.5, 0.6) is 0 Å². The van der Waals surface area contributed by atoms with E-state index in [1.54, 1.807) is 6.92 Å². The summed E-state index contributed by atoms with van der Waals surface area (Å²) in [7, 11) is -5.95. The minimum atomic E-state index is -5.95. The van der Waals surface area contributed by atoms with Gasteiger partial charge in [-0.25, -0.2) is 17.8 Å².